The third kappa shape index (κ3) is 3.77. The van der Waals surface area contributed by atoms with Crippen molar-refractivity contribution in [1.82, 2.24) is 29.5 Å². The molecule has 0 spiro atoms. The second-order valence-electron chi connectivity index (χ2n) is 9.03. The SMILES string of the molecule is CNc1cc(-c2cn([C@@H]3CCOC[C@@H]3F)c3ncccc23)nc2c(C(=O)NC3COCC3O)cnn12. The Morgan fingerprint density at radius 2 is 2.14 bits per heavy atom. The number of carbonyl (C=O) groups excluding carboxylic acids is 1. The normalized spacial score (nSPS) is 24.4. The Labute approximate surface area is 205 Å². The zero-order valence-corrected chi connectivity index (χ0v) is 19.6. The minimum absolute atomic E-state index is 0.0512. The molecule has 2 fully saturated rings. The lowest BCUT2D eigenvalue weighted by Crippen LogP contribution is -2.42. The van der Waals surface area contributed by atoms with Crippen LogP contribution in [0.4, 0.5) is 10.2 Å². The van der Waals surface area contributed by atoms with Gasteiger partial charge in [-0.15, -0.1) is 0 Å². The molecule has 0 aliphatic carbocycles. The van der Waals surface area contributed by atoms with Crippen LogP contribution >= 0.6 is 0 Å². The first-order valence-electron chi connectivity index (χ1n) is 11.9. The zero-order valence-electron chi connectivity index (χ0n) is 19.6. The minimum atomic E-state index is -1.15. The Morgan fingerprint density at radius 3 is 2.92 bits per heavy atom. The molecule has 1 amide bonds. The fourth-order valence-corrected chi connectivity index (χ4v) is 4.91. The lowest BCUT2D eigenvalue weighted by Gasteiger charge is -2.27. The first-order valence-corrected chi connectivity index (χ1v) is 11.9. The molecule has 6 heterocycles. The van der Waals surface area contributed by atoms with Crippen molar-refractivity contribution in [3.8, 4) is 11.3 Å². The van der Waals surface area contributed by atoms with Crippen molar-refractivity contribution >= 4 is 28.4 Å². The van der Waals surface area contributed by atoms with Gasteiger partial charge in [0.25, 0.3) is 5.91 Å². The molecule has 4 atom stereocenters. The van der Waals surface area contributed by atoms with Crippen LogP contribution in [-0.4, -0.2) is 87.0 Å². The molecule has 0 aromatic carbocycles. The van der Waals surface area contributed by atoms with Gasteiger partial charge in [0.15, 0.2) is 5.65 Å². The van der Waals surface area contributed by atoms with Crippen LogP contribution < -0.4 is 10.6 Å². The molecular weight excluding hydrogens is 469 g/mol. The van der Waals surface area contributed by atoms with Gasteiger partial charge < -0.3 is 29.8 Å². The van der Waals surface area contributed by atoms with Crippen LogP contribution in [0.5, 0.6) is 0 Å². The fraction of sp³-hybridized carbons (Fsp3) is 0.417. The molecule has 6 rings (SSSR count). The molecule has 0 radical (unpaired) electrons. The van der Waals surface area contributed by atoms with E-state index < -0.39 is 30.3 Å². The minimum Gasteiger partial charge on any atom is -0.388 e. The number of nitrogens with one attached hydrogen (secondary N) is 2. The lowest BCUT2D eigenvalue weighted by atomic mass is 10.1. The lowest BCUT2D eigenvalue weighted by molar-refractivity contribution is 0.00443. The van der Waals surface area contributed by atoms with Gasteiger partial charge in [-0.05, 0) is 18.6 Å². The highest BCUT2D eigenvalue weighted by molar-refractivity contribution is 6.01. The first kappa shape index (κ1) is 22.8. The maximum absolute atomic E-state index is 14.8. The van der Waals surface area contributed by atoms with Gasteiger partial charge in [0.1, 0.15) is 23.2 Å². The van der Waals surface area contributed by atoms with E-state index in [-0.39, 0.29) is 25.4 Å². The number of pyridine rings is 1. The number of aliphatic hydroxyl groups is 1. The van der Waals surface area contributed by atoms with Crippen LogP contribution in [0.15, 0.2) is 36.8 Å². The van der Waals surface area contributed by atoms with E-state index in [1.807, 2.05) is 29.0 Å². The summed E-state index contributed by atoms with van der Waals surface area (Å²) >= 11 is 0. The first-order chi connectivity index (χ1) is 17.5. The number of hydrogen-bond acceptors (Lipinski definition) is 8. The number of ether oxygens (including phenoxy) is 2. The predicted octanol–water partition coefficient (Wildman–Crippen LogP) is 1.58. The number of fused-ring (bicyclic) bond motifs is 2. The summed E-state index contributed by atoms with van der Waals surface area (Å²) in [6.07, 6.45) is 3.64. The number of rotatable bonds is 5. The fourth-order valence-electron chi connectivity index (χ4n) is 4.91. The molecule has 2 aliphatic heterocycles. The van der Waals surface area contributed by atoms with Crippen LogP contribution in [0, 0.1) is 0 Å². The molecular formula is C24H26FN7O4. The highest BCUT2D eigenvalue weighted by Gasteiger charge is 2.31. The van der Waals surface area contributed by atoms with Crippen molar-refractivity contribution < 1.29 is 23.8 Å². The molecule has 2 unspecified atom stereocenters. The van der Waals surface area contributed by atoms with Gasteiger partial charge in [0, 0.05) is 43.1 Å². The maximum atomic E-state index is 14.8. The zero-order chi connectivity index (χ0) is 24.8. The monoisotopic (exact) mass is 495 g/mol. The number of nitrogens with zero attached hydrogens (tertiary/aromatic N) is 5. The van der Waals surface area contributed by atoms with Crippen molar-refractivity contribution in [2.75, 3.05) is 38.8 Å². The molecule has 2 aliphatic rings. The third-order valence-corrected chi connectivity index (χ3v) is 6.81. The number of anilines is 1. The van der Waals surface area contributed by atoms with Crippen molar-refractivity contribution in [3.63, 3.8) is 0 Å². The van der Waals surface area contributed by atoms with Crippen LogP contribution in [0.3, 0.4) is 0 Å². The van der Waals surface area contributed by atoms with Gasteiger partial charge in [0.05, 0.1) is 49.9 Å². The molecule has 4 aromatic rings. The summed E-state index contributed by atoms with van der Waals surface area (Å²) in [5.41, 5.74) is 2.63. The van der Waals surface area contributed by atoms with E-state index in [1.165, 1.54) is 6.20 Å². The summed E-state index contributed by atoms with van der Waals surface area (Å²) in [6.45, 7) is 0.948. The highest BCUT2D eigenvalue weighted by atomic mass is 19.1. The Bertz CT molecular complexity index is 1440. The van der Waals surface area contributed by atoms with E-state index in [0.29, 0.717) is 35.8 Å². The summed E-state index contributed by atoms with van der Waals surface area (Å²) in [7, 11) is 1.76. The van der Waals surface area contributed by atoms with Gasteiger partial charge in [-0.3, -0.25) is 4.79 Å². The number of aromatic nitrogens is 5. The molecule has 188 valence electrons. The number of alkyl halides is 1. The van der Waals surface area contributed by atoms with Crippen LogP contribution in [0.25, 0.3) is 27.9 Å². The largest absolute Gasteiger partial charge is 0.388 e. The van der Waals surface area contributed by atoms with E-state index >= 15 is 0 Å². The van der Waals surface area contributed by atoms with Crippen LogP contribution in [-0.2, 0) is 9.47 Å². The number of hydrogen-bond donors (Lipinski definition) is 3. The molecule has 4 aromatic heterocycles. The predicted molar refractivity (Wildman–Crippen MR) is 129 cm³/mol. The summed E-state index contributed by atoms with van der Waals surface area (Å²) in [5, 5.41) is 21.1. The Kier molecular flexibility index (Phi) is 5.78. The number of amides is 1. The molecule has 0 bridgehead atoms. The average Bonchev–Trinajstić information content (AvgIpc) is 3.61. The summed E-state index contributed by atoms with van der Waals surface area (Å²) in [5.74, 6) is 0.218. The molecule has 2 saturated heterocycles. The van der Waals surface area contributed by atoms with Crippen molar-refractivity contribution in [2.24, 2.45) is 0 Å². The van der Waals surface area contributed by atoms with Gasteiger partial charge in [-0.1, -0.05) is 0 Å². The highest BCUT2D eigenvalue weighted by Crippen LogP contribution is 2.35. The van der Waals surface area contributed by atoms with Gasteiger partial charge in [0.2, 0.25) is 0 Å². The number of aliphatic hydroxyl groups excluding tert-OH is 1. The molecule has 0 saturated carbocycles. The Hall–Kier alpha value is -3.61. The summed E-state index contributed by atoms with van der Waals surface area (Å²) in [4.78, 5) is 22.4. The topological polar surface area (TPSA) is 128 Å². The van der Waals surface area contributed by atoms with Crippen LogP contribution in [0.1, 0.15) is 22.8 Å². The van der Waals surface area contributed by atoms with Crippen LogP contribution in [0.2, 0.25) is 0 Å². The average molecular weight is 496 g/mol. The number of halogens is 1. The maximum Gasteiger partial charge on any atom is 0.257 e. The second-order valence-corrected chi connectivity index (χ2v) is 9.03. The molecule has 11 nitrogen and oxygen atoms in total. The van der Waals surface area contributed by atoms with E-state index in [4.69, 9.17) is 14.5 Å². The molecule has 36 heavy (non-hydrogen) atoms. The van der Waals surface area contributed by atoms with Gasteiger partial charge >= 0.3 is 0 Å². The quantitative estimate of drug-likeness (QED) is 0.381. The van der Waals surface area contributed by atoms with E-state index in [1.54, 1.807) is 17.8 Å². The van der Waals surface area contributed by atoms with E-state index in [2.05, 4.69) is 20.7 Å². The smallest absolute Gasteiger partial charge is 0.257 e. The number of carbonyl (C=O) groups is 1. The summed E-state index contributed by atoms with van der Waals surface area (Å²) < 4.78 is 28.8. The second kappa shape index (κ2) is 9.12. The molecule has 3 N–H and O–H groups in total. The van der Waals surface area contributed by atoms with Gasteiger partial charge in [-0.25, -0.2) is 14.4 Å². The van der Waals surface area contributed by atoms with Gasteiger partial charge in [-0.2, -0.15) is 9.61 Å². The standard InChI is InChI=1S/C24H26FN7O4/c1-26-21-7-17(29-23-14(8-28-32(21)23)24(34)30-18-11-36-12-20(18)33)15-9-31(19-4-6-35-10-16(19)25)22-13(15)3-2-5-27-22/h2-3,5,7-9,16,18-20,26,33H,4,6,10-12H2,1H3,(H,30,34)/t16-,18?,19+,20?/m0/s1. The molecule has 12 heteroatoms. The van der Waals surface area contributed by atoms with Crippen molar-refractivity contribution in [3.05, 3.63) is 42.4 Å². The summed E-state index contributed by atoms with van der Waals surface area (Å²) in [6, 6.07) is 4.69. The Morgan fingerprint density at radius 1 is 1.25 bits per heavy atom. The Balaban J connectivity index is 1.46. The van der Waals surface area contributed by atoms with E-state index in [0.717, 1.165) is 10.9 Å². The van der Waals surface area contributed by atoms with E-state index in [9.17, 15) is 14.3 Å². The van der Waals surface area contributed by atoms with Crippen molar-refractivity contribution in [2.45, 2.75) is 30.8 Å². The third-order valence-electron chi connectivity index (χ3n) is 6.81. The van der Waals surface area contributed by atoms with Crippen molar-refractivity contribution in [1.29, 1.82) is 0 Å².